The highest BCUT2D eigenvalue weighted by molar-refractivity contribution is 8.14. The fourth-order valence-corrected chi connectivity index (χ4v) is 17.2. The van der Waals surface area contributed by atoms with Crippen LogP contribution < -0.4 is 58.9 Å². The lowest BCUT2D eigenvalue weighted by Gasteiger charge is -2.46. The Morgan fingerprint density at radius 2 is 1.48 bits per heavy atom. The summed E-state index contributed by atoms with van der Waals surface area (Å²) in [4.78, 5) is 157. The monoisotopic (exact) mass is 1530 g/mol. The zero-order valence-corrected chi connectivity index (χ0v) is 62.1. The first-order valence-electron chi connectivity index (χ1n) is 32.7. The Kier molecular flexibility index (Phi) is 23.7. The van der Waals surface area contributed by atoms with Gasteiger partial charge < -0.3 is 78.5 Å². The second kappa shape index (κ2) is 31.6. The van der Waals surface area contributed by atoms with Gasteiger partial charge in [-0.15, -0.1) is 57.1 Å². The van der Waals surface area contributed by atoms with Gasteiger partial charge in [-0.1, -0.05) is 50.9 Å². The highest BCUT2D eigenvalue weighted by atomic mass is 32.2. The van der Waals surface area contributed by atoms with Crippen molar-refractivity contribution in [3.05, 3.63) is 123 Å². The number of piperidine rings is 1. The summed E-state index contributed by atoms with van der Waals surface area (Å²) < 4.78 is 6.33. The number of aromatic nitrogens is 5. The average molecular weight is 1530 g/mol. The van der Waals surface area contributed by atoms with Crippen molar-refractivity contribution in [1.82, 2.24) is 78.1 Å². The van der Waals surface area contributed by atoms with Gasteiger partial charge in [-0.25, -0.2) is 29.7 Å². The van der Waals surface area contributed by atoms with Crippen LogP contribution in [0.4, 0.5) is 0 Å². The van der Waals surface area contributed by atoms with Crippen LogP contribution in [-0.2, 0) is 39.0 Å². The van der Waals surface area contributed by atoms with Crippen LogP contribution in [0.3, 0.4) is 0 Å². The Morgan fingerprint density at radius 1 is 0.777 bits per heavy atom. The van der Waals surface area contributed by atoms with Crippen molar-refractivity contribution in [2.24, 2.45) is 16.6 Å². The molecule has 8 amide bonds. The summed E-state index contributed by atoms with van der Waals surface area (Å²) in [6.45, 7) is 18.4. The number of carbonyl (C=O) groups is 9. The molecular weight excluding hydrogens is 1450 g/mol. The Balaban J connectivity index is 1.16. The number of carbonyl (C=O) groups excluding carboxylic acids is 9. The van der Waals surface area contributed by atoms with Crippen LogP contribution >= 0.6 is 69.3 Å². The minimum atomic E-state index is -2.10. The Bertz CT molecular complexity index is 4300. The highest BCUT2D eigenvalue weighted by Gasteiger charge is 2.52. The SMILES string of the molecule is C=C1NC(=O)[C@H](C)NC(=O)[C@H](C(C)C)N[C@@H]2C=Cc3c([C@H](C)O)cc(nc3[C@H]2O)C(=O)O[C@H](C)[C@@H]2NC(=S)c3csc(n3)[C@H]([C@](C)(O)[C@@H](C)O)NC(=O)[C@H]3CSC(=N3)/C(=C/C)NC(=O)[C@H]([C@@H](C)O)NC(=O)c3csc(n3)[C@]3(CCC(c4nc(C(N)=O)cs4)N[C@@H]3c3csc2n3)NC(=O)[C@H](C)NC1=O. The quantitative estimate of drug-likeness (QED) is 0.0623. The average Bonchev–Trinajstić information content (AvgIpc) is 1.71. The number of allylic oxidation sites excluding steroid dienone is 1. The highest BCUT2D eigenvalue weighted by Crippen LogP contribution is 2.48. The number of cyclic esters (lactones) is 1. The third-order valence-corrected chi connectivity index (χ3v) is 23.4. The molecule has 1 unspecified atom stereocenters. The predicted molar refractivity (Wildman–Crippen MR) is 386 cm³/mol. The number of aliphatic hydroxyl groups excluding tert-OH is 4. The van der Waals surface area contributed by atoms with Gasteiger partial charge in [0.1, 0.15) is 112 Å². The molecule has 4 aliphatic heterocycles. The van der Waals surface area contributed by atoms with E-state index in [1.165, 1.54) is 76.7 Å². The molecule has 0 aromatic carbocycles. The molecule has 5 aliphatic rings. The number of thiazole rings is 4. The van der Waals surface area contributed by atoms with Crippen LogP contribution in [0.25, 0.3) is 6.08 Å². The molecule has 13 bridgehead atoms. The minimum absolute atomic E-state index is 0.0413. The number of fused-ring (bicyclic) bond motifs is 7. The van der Waals surface area contributed by atoms with Gasteiger partial charge in [-0.3, -0.25) is 54.0 Å². The van der Waals surface area contributed by atoms with E-state index in [9.17, 15) is 63.9 Å². The second-order valence-corrected chi connectivity index (χ2v) is 31.0. The van der Waals surface area contributed by atoms with E-state index < -0.39 is 167 Å². The molecule has 1 aliphatic carbocycles. The smallest absolute Gasteiger partial charge is 0.357 e. The third-order valence-electron chi connectivity index (χ3n) is 18.1. The first-order chi connectivity index (χ1) is 48.6. The number of hydrogen-bond donors (Lipinski definition) is 16. The number of hydrogen-bond acceptors (Lipinski definition) is 29. The molecule has 0 spiro atoms. The number of nitrogens with two attached hydrogens (primary N) is 1. The molecule has 0 saturated carbocycles. The lowest BCUT2D eigenvalue weighted by atomic mass is 9.78. The van der Waals surface area contributed by atoms with E-state index in [0.717, 1.165) is 57.1 Å². The molecule has 9 heterocycles. The maximum Gasteiger partial charge on any atom is 0.357 e. The number of thiocarbonyl (C=S) groups is 1. The molecule has 103 heavy (non-hydrogen) atoms. The lowest BCUT2D eigenvalue weighted by Crippen LogP contribution is -2.61. The van der Waals surface area contributed by atoms with Crippen molar-refractivity contribution in [2.45, 2.75) is 184 Å². The standard InChI is InChI=1S/C65H79N17O15S6/c1-12-33-58-76-39(20-100-58)54(92)81-48(64(11,96)30(10)85)61-77-41(22-102-61)57(98)80-44-29(9)97-62(95)36-17-32(27(7)83)31-13-14-34(46(86)45(31)71-36)70-42(23(2)3)55(93)69-25(5)51(89)67-24(4)50(88)68-26(6)52(90)82-65(63-78-40(21-103-63)53(91)79-43(28(8)84)56(94)73-33)16-15-35(59-75-38(19-99-59)49(66)87)72-47(65)37-18-101-60(44)74-37/h12-14,17-19,21-23,25-30,34-35,39,42-44,46-48,70,72,83-86,96H,4,15-16,20H2,1-3,5-11H3,(H2,66,87)(H,67,89)(H,68,88)(H,69,93)(H,73,94)(H,79,91)(H,80,98)(H,81,92)(H,82,90)/b33-12-/t25-,26-,27-,28+,29+,30+,34+,35?,39+,42-,43-,44-,46-,47+,48+,64+,65+/m0/s1. The molecule has 5 aromatic rings. The van der Waals surface area contributed by atoms with Crippen molar-refractivity contribution in [1.29, 1.82) is 0 Å². The van der Waals surface area contributed by atoms with Gasteiger partial charge in [0.25, 0.3) is 17.7 Å². The number of pyridine rings is 1. The van der Waals surface area contributed by atoms with Crippen molar-refractivity contribution in [3.8, 4) is 0 Å². The number of nitrogens with one attached hydrogen (secondary N) is 10. The molecule has 32 nitrogen and oxygen atoms in total. The number of aliphatic hydroxyl groups is 5. The molecule has 17 atom stereocenters. The van der Waals surface area contributed by atoms with Crippen molar-refractivity contribution < 1.29 is 73.4 Å². The van der Waals surface area contributed by atoms with E-state index in [-0.39, 0.29) is 94.6 Å². The van der Waals surface area contributed by atoms with Crippen LogP contribution in [0.1, 0.15) is 198 Å². The van der Waals surface area contributed by atoms with Crippen molar-refractivity contribution in [3.63, 3.8) is 0 Å². The summed E-state index contributed by atoms with van der Waals surface area (Å²) in [6.07, 6.45) is -2.50. The molecule has 0 radical (unpaired) electrons. The summed E-state index contributed by atoms with van der Waals surface area (Å²) in [5.41, 5.74) is 1.28. The summed E-state index contributed by atoms with van der Waals surface area (Å²) in [6, 6.07) is -11.1. The predicted octanol–water partition coefficient (Wildman–Crippen LogP) is 1.50. The molecular formula is C65H79N17O15S6. The summed E-state index contributed by atoms with van der Waals surface area (Å²) >= 11 is 11.3. The molecule has 10 rings (SSSR count). The number of thioether (sulfide) groups is 1. The van der Waals surface area contributed by atoms with Gasteiger partial charge in [-0.2, -0.15) is 0 Å². The summed E-state index contributed by atoms with van der Waals surface area (Å²) in [7, 11) is 0. The van der Waals surface area contributed by atoms with Crippen molar-refractivity contribution in [2.75, 3.05) is 5.75 Å². The molecule has 550 valence electrons. The molecule has 17 N–H and O–H groups in total. The zero-order valence-electron chi connectivity index (χ0n) is 57.2. The van der Waals surface area contributed by atoms with E-state index in [2.05, 4.69) is 74.7 Å². The van der Waals surface area contributed by atoms with Gasteiger partial charge in [0.2, 0.25) is 29.5 Å². The van der Waals surface area contributed by atoms with Crippen LogP contribution in [-0.4, -0.2) is 180 Å². The van der Waals surface area contributed by atoms with Crippen LogP contribution in [0.15, 0.2) is 62.7 Å². The minimum Gasteiger partial charge on any atom is -0.455 e. The van der Waals surface area contributed by atoms with Crippen LogP contribution in [0.5, 0.6) is 0 Å². The third kappa shape index (κ3) is 16.5. The van der Waals surface area contributed by atoms with E-state index in [0.29, 0.717) is 5.01 Å². The van der Waals surface area contributed by atoms with E-state index >= 15 is 4.79 Å². The number of nitrogens with zero attached hydrogens (tertiary/aromatic N) is 6. The Morgan fingerprint density at radius 3 is 2.15 bits per heavy atom. The number of esters is 1. The number of ether oxygens (including phenoxy) is 1. The van der Waals surface area contributed by atoms with E-state index in [4.69, 9.17) is 37.6 Å². The fraction of sp³-hybridized carbons (Fsp3) is 0.477. The first kappa shape index (κ1) is 77.4. The number of amides is 8. The number of rotatable bonds is 7. The number of primary amides is 1. The van der Waals surface area contributed by atoms with Crippen LogP contribution in [0.2, 0.25) is 0 Å². The molecule has 1 fully saturated rings. The molecule has 5 aromatic heterocycles. The maximum absolute atomic E-state index is 15.2. The number of aliphatic imine (C=N–C) groups is 1. The van der Waals surface area contributed by atoms with Gasteiger partial charge in [0.05, 0.1) is 65.3 Å². The van der Waals surface area contributed by atoms with E-state index in [1.54, 1.807) is 38.3 Å². The van der Waals surface area contributed by atoms with Gasteiger partial charge in [-0.05, 0) is 85.8 Å². The largest absolute Gasteiger partial charge is 0.455 e. The summed E-state index contributed by atoms with van der Waals surface area (Å²) in [5.74, 6) is -8.30. The Labute approximate surface area is 615 Å². The van der Waals surface area contributed by atoms with Gasteiger partial charge in [0, 0.05) is 32.8 Å². The van der Waals surface area contributed by atoms with Crippen molar-refractivity contribution >= 4 is 139 Å². The zero-order chi connectivity index (χ0) is 75.0. The lowest BCUT2D eigenvalue weighted by molar-refractivity contribution is -0.131. The van der Waals surface area contributed by atoms with Gasteiger partial charge in [0.15, 0.2) is 0 Å². The fourth-order valence-electron chi connectivity index (χ4n) is 11.9. The molecule has 1 saturated heterocycles. The van der Waals surface area contributed by atoms with E-state index in [1.807, 2.05) is 0 Å². The first-order valence-corrected chi connectivity index (χ1v) is 37.6. The summed E-state index contributed by atoms with van der Waals surface area (Å²) in [5, 5.41) is 93.4. The van der Waals surface area contributed by atoms with Gasteiger partial charge >= 0.3 is 5.97 Å². The normalized spacial score (nSPS) is 29.2. The second-order valence-electron chi connectivity index (χ2n) is 26.0. The maximum atomic E-state index is 15.2. The molecule has 38 heteroatoms. The van der Waals surface area contributed by atoms with Crippen LogP contribution in [0, 0.1) is 5.92 Å². The Hall–Kier alpha value is -8.25. The topological polar surface area (TPSA) is 487 Å².